The maximum Gasteiger partial charge on any atom is 0.416 e. The SMILES string of the molecule is CC.N=Cc1c(NC2CCCCO2)cc(C(F)(F)F)c(C2(O)CC2)c1Cl. The first-order chi connectivity index (χ1) is 12.3. The molecule has 1 unspecified atom stereocenters. The monoisotopic (exact) mass is 392 g/mol. The van der Waals surface area contributed by atoms with Crippen LogP contribution in [0.25, 0.3) is 0 Å². The largest absolute Gasteiger partial charge is 0.416 e. The van der Waals surface area contributed by atoms with Gasteiger partial charge in [-0.2, -0.15) is 13.2 Å². The molecule has 1 saturated heterocycles. The molecule has 3 rings (SSSR count). The highest BCUT2D eigenvalue weighted by Gasteiger charge is 2.50. The Morgan fingerprint density at radius 1 is 1.35 bits per heavy atom. The quantitative estimate of drug-likeness (QED) is 0.609. The summed E-state index contributed by atoms with van der Waals surface area (Å²) < 4.78 is 46.0. The fraction of sp³-hybridized carbons (Fsp3) is 0.611. The Hall–Kier alpha value is -1.31. The first-order valence-electron chi connectivity index (χ1n) is 8.81. The molecule has 146 valence electrons. The summed E-state index contributed by atoms with van der Waals surface area (Å²) in [5.41, 5.74) is -2.61. The molecule has 2 fully saturated rings. The van der Waals surface area contributed by atoms with Crippen LogP contribution in [0.4, 0.5) is 18.9 Å². The molecule has 0 radical (unpaired) electrons. The van der Waals surface area contributed by atoms with E-state index in [-0.39, 0.29) is 34.7 Å². The fourth-order valence-corrected chi connectivity index (χ4v) is 3.43. The molecule has 8 heteroatoms. The van der Waals surface area contributed by atoms with Gasteiger partial charge < -0.3 is 20.6 Å². The predicted molar refractivity (Wildman–Crippen MR) is 96.0 cm³/mol. The normalized spacial score (nSPS) is 21.4. The van der Waals surface area contributed by atoms with Crippen LogP contribution in [0.3, 0.4) is 0 Å². The highest BCUT2D eigenvalue weighted by molar-refractivity contribution is 6.34. The van der Waals surface area contributed by atoms with Gasteiger partial charge in [0, 0.05) is 29.6 Å². The van der Waals surface area contributed by atoms with E-state index in [0.29, 0.717) is 13.0 Å². The molecule has 1 heterocycles. The van der Waals surface area contributed by atoms with E-state index < -0.39 is 23.6 Å². The van der Waals surface area contributed by atoms with Crippen LogP contribution in [0.15, 0.2) is 6.07 Å². The lowest BCUT2D eigenvalue weighted by Gasteiger charge is -2.27. The zero-order valence-corrected chi connectivity index (χ0v) is 15.6. The molecular formula is C18H24ClF3N2O2. The first kappa shape index (κ1) is 21.0. The van der Waals surface area contributed by atoms with Gasteiger partial charge in [-0.25, -0.2) is 0 Å². The molecular weight excluding hydrogens is 369 g/mol. The van der Waals surface area contributed by atoms with Crippen molar-refractivity contribution in [3.8, 4) is 0 Å². The van der Waals surface area contributed by atoms with Crippen LogP contribution in [0, 0.1) is 5.41 Å². The minimum absolute atomic E-state index is 0.0993. The van der Waals surface area contributed by atoms with Gasteiger partial charge in [-0.05, 0) is 38.2 Å². The van der Waals surface area contributed by atoms with E-state index in [0.717, 1.165) is 25.1 Å². The second kappa shape index (κ2) is 8.15. The van der Waals surface area contributed by atoms with Crippen LogP contribution < -0.4 is 5.32 Å². The maximum absolute atomic E-state index is 13.5. The van der Waals surface area contributed by atoms with Crippen LogP contribution in [-0.4, -0.2) is 24.2 Å². The second-order valence-electron chi connectivity index (χ2n) is 6.25. The van der Waals surface area contributed by atoms with Crippen molar-refractivity contribution < 1.29 is 23.0 Å². The molecule has 1 atom stereocenters. The molecule has 3 N–H and O–H groups in total. The standard InChI is InChI=1S/C16H18ClF3N2O2.C2H6/c17-14-9(8-21)11(22-12-3-1-2-6-24-12)7-10(16(18,19)20)13(14)15(23)4-5-15;1-2/h7-8,12,21-23H,1-6H2;1-2H3. The molecule has 0 amide bonds. The summed E-state index contributed by atoms with van der Waals surface area (Å²) in [6.45, 7) is 4.54. The molecule has 0 aromatic heterocycles. The van der Waals surface area contributed by atoms with Crippen LogP contribution in [-0.2, 0) is 16.5 Å². The predicted octanol–water partition coefficient (Wildman–Crippen LogP) is 5.30. The second-order valence-corrected chi connectivity index (χ2v) is 6.63. The highest BCUT2D eigenvalue weighted by Crippen LogP contribution is 2.53. The Labute approximate surface area is 156 Å². The van der Waals surface area contributed by atoms with E-state index in [1.54, 1.807) is 0 Å². The average molecular weight is 393 g/mol. The van der Waals surface area contributed by atoms with Crippen molar-refractivity contribution in [2.24, 2.45) is 0 Å². The average Bonchev–Trinajstić information content (AvgIpc) is 3.35. The molecule has 4 nitrogen and oxygen atoms in total. The van der Waals surface area contributed by atoms with Crippen molar-refractivity contribution in [2.75, 3.05) is 11.9 Å². The summed E-state index contributed by atoms with van der Waals surface area (Å²) in [6.07, 6.45) is -1.21. The Bertz CT molecular complexity index is 655. The zero-order valence-electron chi connectivity index (χ0n) is 14.8. The van der Waals surface area contributed by atoms with Crippen molar-refractivity contribution in [3.05, 3.63) is 27.8 Å². The lowest BCUT2D eigenvalue weighted by atomic mass is 9.95. The van der Waals surface area contributed by atoms with Gasteiger partial charge in [0.25, 0.3) is 0 Å². The van der Waals surface area contributed by atoms with E-state index in [1.807, 2.05) is 13.8 Å². The van der Waals surface area contributed by atoms with Gasteiger partial charge in [0.15, 0.2) is 0 Å². The molecule has 1 saturated carbocycles. The third kappa shape index (κ3) is 4.32. The van der Waals surface area contributed by atoms with Gasteiger partial charge >= 0.3 is 6.18 Å². The Morgan fingerprint density at radius 2 is 2.00 bits per heavy atom. The van der Waals surface area contributed by atoms with Crippen molar-refractivity contribution in [1.82, 2.24) is 0 Å². The van der Waals surface area contributed by atoms with E-state index in [4.69, 9.17) is 21.7 Å². The number of halogens is 4. The summed E-state index contributed by atoms with van der Waals surface area (Å²) in [4.78, 5) is 0. The Morgan fingerprint density at radius 3 is 2.46 bits per heavy atom. The molecule has 1 aromatic rings. The molecule has 1 aromatic carbocycles. The van der Waals surface area contributed by atoms with Gasteiger partial charge in [-0.3, -0.25) is 0 Å². The van der Waals surface area contributed by atoms with Gasteiger partial charge in [-0.15, -0.1) is 0 Å². The van der Waals surface area contributed by atoms with E-state index in [2.05, 4.69) is 5.32 Å². The fourth-order valence-electron chi connectivity index (χ4n) is 3.00. The number of ether oxygens (including phenoxy) is 1. The number of alkyl halides is 3. The molecule has 2 aliphatic rings. The van der Waals surface area contributed by atoms with Crippen molar-refractivity contribution >= 4 is 23.5 Å². The summed E-state index contributed by atoms with van der Waals surface area (Å²) in [7, 11) is 0. The number of nitrogens with one attached hydrogen (secondary N) is 2. The van der Waals surface area contributed by atoms with Crippen LogP contribution in [0.2, 0.25) is 5.02 Å². The number of aliphatic hydroxyl groups is 1. The van der Waals surface area contributed by atoms with E-state index in [1.165, 1.54) is 0 Å². The van der Waals surface area contributed by atoms with Crippen molar-refractivity contribution in [1.29, 1.82) is 5.41 Å². The molecule has 1 aliphatic carbocycles. The minimum Gasteiger partial charge on any atom is -0.385 e. The van der Waals surface area contributed by atoms with Gasteiger partial charge in [0.2, 0.25) is 0 Å². The zero-order chi connectivity index (χ0) is 19.5. The topological polar surface area (TPSA) is 65.3 Å². The molecule has 1 aliphatic heterocycles. The van der Waals surface area contributed by atoms with E-state index >= 15 is 0 Å². The molecule has 0 spiro atoms. The Kier molecular flexibility index (Phi) is 6.58. The van der Waals surface area contributed by atoms with Crippen LogP contribution >= 0.6 is 11.6 Å². The number of anilines is 1. The Balaban J connectivity index is 0.00000117. The van der Waals surface area contributed by atoms with Crippen LogP contribution in [0.5, 0.6) is 0 Å². The highest BCUT2D eigenvalue weighted by atomic mass is 35.5. The summed E-state index contributed by atoms with van der Waals surface area (Å²) >= 11 is 6.18. The first-order valence-corrected chi connectivity index (χ1v) is 9.19. The van der Waals surface area contributed by atoms with E-state index in [9.17, 15) is 18.3 Å². The number of benzene rings is 1. The smallest absolute Gasteiger partial charge is 0.385 e. The van der Waals surface area contributed by atoms with Gasteiger partial charge in [-0.1, -0.05) is 25.4 Å². The van der Waals surface area contributed by atoms with Gasteiger partial charge in [0.1, 0.15) is 6.23 Å². The summed E-state index contributed by atoms with van der Waals surface area (Å²) in [6, 6.07) is 0.926. The molecule has 0 bridgehead atoms. The van der Waals surface area contributed by atoms with Crippen LogP contribution in [0.1, 0.15) is 62.6 Å². The van der Waals surface area contributed by atoms with Crippen molar-refractivity contribution in [3.63, 3.8) is 0 Å². The van der Waals surface area contributed by atoms with Crippen molar-refractivity contribution in [2.45, 2.75) is 64.0 Å². The third-order valence-corrected chi connectivity index (χ3v) is 4.83. The maximum atomic E-state index is 13.5. The lowest BCUT2D eigenvalue weighted by Crippen LogP contribution is -2.28. The van der Waals surface area contributed by atoms with Gasteiger partial charge in [0.05, 0.1) is 16.2 Å². The summed E-state index contributed by atoms with van der Waals surface area (Å²) in [5.74, 6) is 0. The summed E-state index contributed by atoms with van der Waals surface area (Å²) in [5, 5.41) is 20.5. The third-order valence-electron chi connectivity index (χ3n) is 4.44. The number of hydrogen-bond donors (Lipinski definition) is 3. The lowest BCUT2D eigenvalue weighted by molar-refractivity contribution is -0.139. The minimum atomic E-state index is -4.65. The molecule has 26 heavy (non-hydrogen) atoms. The number of hydrogen-bond acceptors (Lipinski definition) is 4. The number of rotatable bonds is 4.